The lowest BCUT2D eigenvalue weighted by Crippen LogP contribution is -2.47. The van der Waals surface area contributed by atoms with Crippen molar-refractivity contribution in [1.82, 2.24) is 9.88 Å². The second-order valence-corrected chi connectivity index (χ2v) is 14.9. The van der Waals surface area contributed by atoms with Gasteiger partial charge < -0.3 is 15.6 Å². The van der Waals surface area contributed by atoms with Crippen molar-refractivity contribution < 1.29 is 13.6 Å². The minimum Gasteiger partial charge on any atom is -0.399 e. The number of hydrogen-bond acceptors (Lipinski definition) is 2. The van der Waals surface area contributed by atoms with Crippen LogP contribution in [0.4, 0.5) is 14.5 Å². The lowest BCUT2D eigenvalue weighted by molar-refractivity contribution is -0.130. The normalized spacial score (nSPS) is 17.9. The Kier molecular flexibility index (Phi) is 6.55. The standard InChI is InChI=1S/C27H31F2N3OSi/c1-5-6-7-20-16-22-21-14-18(28)15-23(29)25(21)31-26(22)27(17-8-10-19(30)11-9-17)32(20)24(33)12-13-34(2,3)4/h8-11,14-15,20,27,31H,5-7,16,30H2,1-4H3/t20-,27-/m0/s1. The molecule has 178 valence electrons. The van der Waals surface area contributed by atoms with Crippen LogP contribution in [0.5, 0.6) is 0 Å². The number of amides is 1. The largest absolute Gasteiger partial charge is 0.399 e. The van der Waals surface area contributed by atoms with Gasteiger partial charge in [0.2, 0.25) is 0 Å². The molecule has 0 saturated carbocycles. The van der Waals surface area contributed by atoms with Gasteiger partial charge in [0, 0.05) is 28.9 Å². The van der Waals surface area contributed by atoms with E-state index in [9.17, 15) is 13.6 Å². The topological polar surface area (TPSA) is 62.1 Å². The Hall–Kier alpha value is -3.11. The highest BCUT2D eigenvalue weighted by atomic mass is 28.3. The highest BCUT2D eigenvalue weighted by Crippen LogP contribution is 2.42. The number of hydrogen-bond donors (Lipinski definition) is 2. The van der Waals surface area contributed by atoms with E-state index in [0.717, 1.165) is 36.5 Å². The van der Waals surface area contributed by atoms with Crippen LogP contribution >= 0.6 is 0 Å². The minimum atomic E-state index is -1.78. The Morgan fingerprint density at radius 3 is 2.56 bits per heavy atom. The number of nitrogens with two attached hydrogens (primary N) is 1. The summed E-state index contributed by atoms with van der Waals surface area (Å²) in [5.74, 6) is 1.44. The number of anilines is 1. The fourth-order valence-electron chi connectivity index (χ4n) is 4.71. The summed E-state index contributed by atoms with van der Waals surface area (Å²) in [6.45, 7) is 8.41. The zero-order valence-corrected chi connectivity index (χ0v) is 21.1. The number of unbranched alkanes of at least 4 members (excludes halogenated alkanes) is 1. The summed E-state index contributed by atoms with van der Waals surface area (Å²) in [5, 5.41) is 0.537. The van der Waals surface area contributed by atoms with E-state index in [-0.39, 0.29) is 17.5 Å². The molecule has 1 amide bonds. The van der Waals surface area contributed by atoms with E-state index in [1.54, 1.807) is 12.1 Å². The number of aromatic amines is 1. The average Bonchev–Trinajstić information content (AvgIpc) is 3.13. The molecule has 1 aliphatic rings. The molecule has 0 bridgehead atoms. The van der Waals surface area contributed by atoms with Gasteiger partial charge in [-0.25, -0.2) is 8.78 Å². The van der Waals surface area contributed by atoms with E-state index in [1.807, 2.05) is 17.0 Å². The lowest BCUT2D eigenvalue weighted by atomic mass is 9.86. The van der Waals surface area contributed by atoms with Crippen LogP contribution in [0, 0.1) is 23.1 Å². The van der Waals surface area contributed by atoms with Crippen molar-refractivity contribution in [3.63, 3.8) is 0 Å². The second-order valence-electron chi connectivity index (χ2n) is 10.1. The first-order valence-electron chi connectivity index (χ1n) is 11.8. The molecule has 0 spiro atoms. The molecule has 0 radical (unpaired) electrons. The van der Waals surface area contributed by atoms with Crippen molar-refractivity contribution in [3.05, 3.63) is 64.9 Å². The summed E-state index contributed by atoms with van der Waals surface area (Å²) in [6.07, 6.45) is 3.22. The zero-order valence-electron chi connectivity index (χ0n) is 20.1. The van der Waals surface area contributed by atoms with Crippen molar-refractivity contribution in [2.75, 3.05) is 5.73 Å². The van der Waals surface area contributed by atoms with Gasteiger partial charge in [-0.05, 0) is 48.1 Å². The van der Waals surface area contributed by atoms with Crippen LogP contribution in [0.3, 0.4) is 0 Å². The Bertz CT molecular complexity index is 1280. The molecule has 4 nitrogen and oxygen atoms in total. The van der Waals surface area contributed by atoms with Crippen LogP contribution in [-0.2, 0) is 11.2 Å². The summed E-state index contributed by atoms with van der Waals surface area (Å²) in [5.41, 5.74) is 12.4. The van der Waals surface area contributed by atoms with Crippen LogP contribution in [0.15, 0.2) is 36.4 Å². The summed E-state index contributed by atoms with van der Waals surface area (Å²) >= 11 is 0. The molecule has 3 N–H and O–H groups in total. The van der Waals surface area contributed by atoms with E-state index in [1.165, 1.54) is 6.07 Å². The smallest absolute Gasteiger partial charge is 0.298 e. The molecule has 2 atom stereocenters. The first kappa shape index (κ1) is 24.0. The van der Waals surface area contributed by atoms with E-state index in [0.29, 0.717) is 23.2 Å². The highest BCUT2D eigenvalue weighted by Gasteiger charge is 2.40. The van der Waals surface area contributed by atoms with Crippen LogP contribution < -0.4 is 5.73 Å². The molecule has 2 aromatic carbocycles. The van der Waals surface area contributed by atoms with Crippen molar-refractivity contribution in [1.29, 1.82) is 0 Å². The van der Waals surface area contributed by atoms with E-state index >= 15 is 0 Å². The van der Waals surface area contributed by atoms with Crippen LogP contribution in [0.2, 0.25) is 19.6 Å². The molecule has 0 aliphatic carbocycles. The Morgan fingerprint density at radius 2 is 1.91 bits per heavy atom. The van der Waals surface area contributed by atoms with Gasteiger partial charge in [0.25, 0.3) is 5.91 Å². The Morgan fingerprint density at radius 1 is 1.21 bits per heavy atom. The van der Waals surface area contributed by atoms with Gasteiger partial charge in [0.1, 0.15) is 19.7 Å². The number of nitrogens with one attached hydrogen (secondary N) is 1. The molecule has 0 saturated heterocycles. The Labute approximate surface area is 200 Å². The highest BCUT2D eigenvalue weighted by molar-refractivity contribution is 6.84. The average molecular weight is 480 g/mol. The first-order valence-corrected chi connectivity index (χ1v) is 15.3. The maximum absolute atomic E-state index is 14.7. The number of nitrogen functional groups attached to an aromatic ring is 1. The number of fused-ring (bicyclic) bond motifs is 3. The number of benzene rings is 2. The number of halogens is 2. The minimum absolute atomic E-state index is 0.135. The molecule has 0 unspecified atom stereocenters. The maximum atomic E-state index is 14.7. The molecule has 4 rings (SSSR count). The van der Waals surface area contributed by atoms with Gasteiger partial charge in [-0.15, -0.1) is 5.54 Å². The first-order chi connectivity index (χ1) is 16.1. The number of carbonyl (C=O) groups excluding carboxylic acids is 1. The molecule has 2 heterocycles. The van der Waals surface area contributed by atoms with Crippen LogP contribution in [-0.4, -0.2) is 29.9 Å². The predicted molar refractivity (Wildman–Crippen MR) is 136 cm³/mol. The number of H-pyrrole nitrogens is 1. The summed E-state index contributed by atoms with van der Waals surface area (Å²) < 4.78 is 28.9. The van der Waals surface area contributed by atoms with E-state index in [4.69, 9.17) is 5.73 Å². The molecular weight excluding hydrogens is 448 g/mol. The molecule has 0 fully saturated rings. The molecule has 34 heavy (non-hydrogen) atoms. The van der Waals surface area contributed by atoms with Gasteiger partial charge >= 0.3 is 0 Å². The van der Waals surface area contributed by atoms with Crippen molar-refractivity contribution in [3.8, 4) is 11.5 Å². The molecule has 7 heteroatoms. The van der Waals surface area contributed by atoms with Gasteiger partial charge in [-0.2, -0.15) is 0 Å². The van der Waals surface area contributed by atoms with E-state index in [2.05, 4.69) is 43.0 Å². The third kappa shape index (κ3) is 4.73. The number of aromatic nitrogens is 1. The van der Waals surface area contributed by atoms with Gasteiger partial charge in [0.05, 0.1) is 11.6 Å². The van der Waals surface area contributed by atoms with Crippen LogP contribution in [0.25, 0.3) is 10.9 Å². The maximum Gasteiger partial charge on any atom is 0.298 e. The molecule has 3 aromatic rings. The van der Waals surface area contributed by atoms with Crippen molar-refractivity contribution in [2.45, 2.75) is 64.3 Å². The van der Waals surface area contributed by atoms with Gasteiger partial charge in [-0.1, -0.05) is 51.5 Å². The number of nitrogens with zero attached hydrogens (tertiary/aromatic N) is 1. The third-order valence-electron chi connectivity index (χ3n) is 6.27. The molecule has 1 aromatic heterocycles. The number of carbonyl (C=O) groups is 1. The third-order valence-corrected chi connectivity index (χ3v) is 7.15. The fraction of sp³-hybridized carbons (Fsp3) is 0.370. The SMILES string of the molecule is CCCC[C@H]1Cc2c([nH]c3c(F)cc(F)cc23)[C@H](c2ccc(N)cc2)N1C(=O)C#C[Si](C)(C)C. The Balaban J connectivity index is 1.95. The fourth-order valence-corrected chi connectivity index (χ4v) is 5.19. The quantitative estimate of drug-likeness (QED) is 0.276. The summed E-state index contributed by atoms with van der Waals surface area (Å²) in [7, 11) is -1.78. The van der Waals surface area contributed by atoms with Crippen molar-refractivity contribution >= 4 is 30.6 Å². The molecule has 1 aliphatic heterocycles. The summed E-state index contributed by atoms with van der Waals surface area (Å²) in [6, 6.07) is 9.01. The lowest BCUT2D eigenvalue weighted by Gasteiger charge is -2.41. The zero-order chi connectivity index (χ0) is 24.6. The summed E-state index contributed by atoms with van der Waals surface area (Å²) in [4.78, 5) is 18.7. The van der Waals surface area contributed by atoms with Crippen molar-refractivity contribution in [2.24, 2.45) is 0 Å². The van der Waals surface area contributed by atoms with Gasteiger partial charge in [0.15, 0.2) is 0 Å². The molecular formula is C27H31F2N3OSi. The van der Waals surface area contributed by atoms with Crippen LogP contribution in [0.1, 0.15) is 49.0 Å². The second kappa shape index (κ2) is 9.26. The van der Waals surface area contributed by atoms with Gasteiger partial charge in [-0.3, -0.25) is 4.79 Å². The monoisotopic (exact) mass is 479 g/mol. The number of rotatable bonds is 4. The van der Waals surface area contributed by atoms with E-state index < -0.39 is 25.8 Å². The predicted octanol–water partition coefficient (Wildman–Crippen LogP) is 5.94.